The predicted molar refractivity (Wildman–Crippen MR) is 73.3 cm³/mol. The molecule has 1 aromatic heterocycles. The molecule has 19 heavy (non-hydrogen) atoms. The van der Waals surface area contributed by atoms with Crippen molar-refractivity contribution >= 4 is 22.5 Å². The van der Waals surface area contributed by atoms with Crippen LogP contribution in [0.15, 0.2) is 48.5 Å². The van der Waals surface area contributed by atoms with Crippen molar-refractivity contribution in [3.63, 3.8) is 0 Å². The molecule has 0 bridgehead atoms. The summed E-state index contributed by atoms with van der Waals surface area (Å²) < 4.78 is 11.7. The molecule has 2 aromatic carbocycles. The molecule has 0 unspecified atom stereocenters. The van der Waals surface area contributed by atoms with Gasteiger partial charge in [-0.05, 0) is 24.3 Å². The molecule has 1 aliphatic heterocycles. The van der Waals surface area contributed by atoms with Crippen LogP contribution in [-0.2, 0) is 0 Å². The minimum atomic E-state index is 0.309. The molecule has 3 nitrogen and oxygen atoms in total. The SMILES string of the molecule is Clc1nc2ccccc2c2c1Oc1ccccc1O2. The van der Waals surface area contributed by atoms with Crippen molar-refractivity contribution in [2.75, 3.05) is 0 Å². The van der Waals surface area contributed by atoms with E-state index < -0.39 is 0 Å². The Hall–Kier alpha value is -2.26. The molecule has 3 aromatic rings. The Kier molecular flexibility index (Phi) is 2.17. The average Bonchev–Trinajstić information content (AvgIpc) is 2.46. The quantitative estimate of drug-likeness (QED) is 0.430. The topological polar surface area (TPSA) is 31.4 Å². The van der Waals surface area contributed by atoms with Crippen LogP contribution >= 0.6 is 11.6 Å². The molecule has 2 heterocycles. The van der Waals surface area contributed by atoms with Crippen LogP contribution in [0.1, 0.15) is 0 Å². The first-order valence-corrected chi connectivity index (χ1v) is 6.24. The lowest BCUT2D eigenvalue weighted by Crippen LogP contribution is -2.01. The maximum atomic E-state index is 6.17. The van der Waals surface area contributed by atoms with E-state index in [2.05, 4.69) is 4.98 Å². The molecule has 4 rings (SSSR count). The zero-order chi connectivity index (χ0) is 12.8. The second kappa shape index (κ2) is 3.87. The van der Waals surface area contributed by atoms with Gasteiger partial charge in [0.05, 0.1) is 5.52 Å². The molecule has 92 valence electrons. The average molecular weight is 270 g/mol. The van der Waals surface area contributed by atoms with E-state index in [0.717, 1.165) is 10.9 Å². The van der Waals surface area contributed by atoms with Gasteiger partial charge in [0.1, 0.15) is 0 Å². The lowest BCUT2D eigenvalue weighted by atomic mass is 10.2. The van der Waals surface area contributed by atoms with E-state index in [0.29, 0.717) is 28.2 Å². The number of benzene rings is 2. The number of hydrogen-bond donors (Lipinski definition) is 0. The summed E-state index contributed by atoms with van der Waals surface area (Å²) >= 11 is 6.17. The number of pyridine rings is 1. The van der Waals surface area contributed by atoms with E-state index in [-0.39, 0.29) is 0 Å². The number of hydrogen-bond acceptors (Lipinski definition) is 3. The summed E-state index contributed by atoms with van der Waals surface area (Å²) in [6, 6.07) is 15.2. The van der Waals surface area contributed by atoms with Gasteiger partial charge in [0, 0.05) is 5.39 Å². The summed E-state index contributed by atoms with van der Waals surface area (Å²) in [5.41, 5.74) is 0.786. The van der Waals surface area contributed by atoms with Crippen molar-refractivity contribution in [3.05, 3.63) is 53.7 Å². The monoisotopic (exact) mass is 269 g/mol. The van der Waals surface area contributed by atoms with E-state index in [4.69, 9.17) is 21.1 Å². The number of rotatable bonds is 0. The molecule has 0 radical (unpaired) electrons. The highest BCUT2D eigenvalue weighted by Gasteiger charge is 2.24. The summed E-state index contributed by atoms with van der Waals surface area (Å²) in [6.07, 6.45) is 0. The Labute approximate surface area is 114 Å². The fourth-order valence-corrected chi connectivity index (χ4v) is 2.38. The second-order valence-electron chi connectivity index (χ2n) is 4.23. The number of ether oxygens (including phenoxy) is 2. The zero-order valence-electron chi connectivity index (χ0n) is 9.76. The molecule has 0 amide bonds. The summed E-state index contributed by atoms with van der Waals surface area (Å²) in [4.78, 5) is 4.32. The fraction of sp³-hybridized carbons (Fsp3) is 0. The third-order valence-electron chi connectivity index (χ3n) is 3.03. The van der Waals surface area contributed by atoms with Crippen molar-refractivity contribution < 1.29 is 9.47 Å². The highest BCUT2D eigenvalue weighted by molar-refractivity contribution is 6.31. The minimum absolute atomic E-state index is 0.309. The molecule has 0 saturated heterocycles. The van der Waals surface area contributed by atoms with Gasteiger partial charge < -0.3 is 9.47 Å². The molecular formula is C15H8ClNO2. The highest BCUT2D eigenvalue weighted by atomic mass is 35.5. The van der Waals surface area contributed by atoms with Crippen molar-refractivity contribution in [2.24, 2.45) is 0 Å². The van der Waals surface area contributed by atoms with E-state index in [1.54, 1.807) is 0 Å². The van der Waals surface area contributed by atoms with Gasteiger partial charge >= 0.3 is 0 Å². The van der Waals surface area contributed by atoms with Crippen molar-refractivity contribution in [3.8, 4) is 23.0 Å². The standard InChI is InChI=1S/C15H8ClNO2/c16-15-14-13(9-5-1-2-6-10(9)17-15)18-11-7-3-4-8-12(11)19-14/h1-8H. The van der Waals surface area contributed by atoms with Crippen LogP contribution in [0.2, 0.25) is 5.15 Å². The maximum absolute atomic E-state index is 6.17. The van der Waals surface area contributed by atoms with E-state index in [1.807, 2.05) is 48.5 Å². The first-order chi connectivity index (χ1) is 9.33. The molecule has 0 fully saturated rings. The van der Waals surface area contributed by atoms with Crippen molar-refractivity contribution in [1.82, 2.24) is 4.98 Å². The molecule has 0 N–H and O–H groups in total. The van der Waals surface area contributed by atoms with E-state index in [1.165, 1.54) is 0 Å². The molecule has 1 aliphatic rings. The smallest absolute Gasteiger partial charge is 0.208 e. The predicted octanol–water partition coefficient (Wildman–Crippen LogP) is 4.79. The van der Waals surface area contributed by atoms with E-state index >= 15 is 0 Å². The number of nitrogens with zero attached hydrogens (tertiary/aromatic N) is 1. The Morgan fingerprint density at radius 1 is 0.789 bits per heavy atom. The summed E-state index contributed by atoms with van der Waals surface area (Å²) in [5.74, 6) is 2.42. The lowest BCUT2D eigenvalue weighted by molar-refractivity contribution is 0.362. The Balaban J connectivity index is 2.02. The number of para-hydroxylation sites is 3. The van der Waals surface area contributed by atoms with Crippen LogP contribution in [0.5, 0.6) is 23.0 Å². The van der Waals surface area contributed by atoms with Crippen molar-refractivity contribution in [2.45, 2.75) is 0 Å². The van der Waals surface area contributed by atoms with Gasteiger partial charge in [-0.2, -0.15) is 0 Å². The summed E-state index contributed by atoms with van der Waals surface area (Å²) in [6.45, 7) is 0. The normalized spacial score (nSPS) is 12.3. The van der Waals surface area contributed by atoms with Gasteiger partial charge in [-0.3, -0.25) is 0 Å². The second-order valence-corrected chi connectivity index (χ2v) is 4.59. The molecule has 0 aliphatic carbocycles. The Bertz CT molecular complexity index is 801. The highest BCUT2D eigenvalue weighted by Crippen LogP contribution is 2.50. The molecule has 0 spiro atoms. The van der Waals surface area contributed by atoms with Crippen LogP contribution in [0.3, 0.4) is 0 Å². The van der Waals surface area contributed by atoms with Crippen LogP contribution in [0, 0.1) is 0 Å². The third-order valence-corrected chi connectivity index (χ3v) is 3.29. The Morgan fingerprint density at radius 3 is 2.21 bits per heavy atom. The number of aromatic nitrogens is 1. The fourth-order valence-electron chi connectivity index (χ4n) is 2.16. The summed E-state index contributed by atoms with van der Waals surface area (Å²) in [5, 5.41) is 1.19. The first-order valence-electron chi connectivity index (χ1n) is 5.86. The van der Waals surface area contributed by atoms with Gasteiger partial charge in [0.25, 0.3) is 0 Å². The minimum Gasteiger partial charge on any atom is -0.449 e. The van der Waals surface area contributed by atoms with Crippen LogP contribution in [0.25, 0.3) is 10.9 Å². The lowest BCUT2D eigenvalue weighted by Gasteiger charge is -2.22. The third kappa shape index (κ3) is 1.55. The number of fused-ring (bicyclic) bond motifs is 4. The van der Waals surface area contributed by atoms with Gasteiger partial charge in [-0.15, -0.1) is 0 Å². The maximum Gasteiger partial charge on any atom is 0.208 e. The van der Waals surface area contributed by atoms with Crippen LogP contribution in [-0.4, -0.2) is 4.98 Å². The molecule has 0 saturated carbocycles. The van der Waals surface area contributed by atoms with Crippen LogP contribution < -0.4 is 9.47 Å². The molecule has 0 atom stereocenters. The zero-order valence-corrected chi connectivity index (χ0v) is 10.5. The number of halogens is 1. The van der Waals surface area contributed by atoms with Gasteiger partial charge in [-0.1, -0.05) is 35.9 Å². The van der Waals surface area contributed by atoms with Gasteiger partial charge in [-0.25, -0.2) is 4.98 Å². The van der Waals surface area contributed by atoms with Crippen LogP contribution in [0.4, 0.5) is 0 Å². The molecule has 4 heteroatoms. The summed E-state index contributed by atoms with van der Waals surface area (Å²) in [7, 11) is 0. The Morgan fingerprint density at radius 2 is 1.42 bits per heavy atom. The van der Waals surface area contributed by atoms with E-state index in [9.17, 15) is 0 Å². The first kappa shape index (κ1) is 10.6. The largest absolute Gasteiger partial charge is 0.449 e. The van der Waals surface area contributed by atoms with Gasteiger partial charge in [0.15, 0.2) is 22.4 Å². The molecular weight excluding hydrogens is 262 g/mol. The van der Waals surface area contributed by atoms with Gasteiger partial charge in [0.2, 0.25) is 5.75 Å². The van der Waals surface area contributed by atoms with Crippen molar-refractivity contribution in [1.29, 1.82) is 0 Å².